The van der Waals surface area contributed by atoms with E-state index in [0.29, 0.717) is 17.0 Å². The van der Waals surface area contributed by atoms with E-state index in [4.69, 9.17) is 14.7 Å². The summed E-state index contributed by atoms with van der Waals surface area (Å²) in [4.78, 5) is 14.3. The van der Waals surface area contributed by atoms with Crippen molar-refractivity contribution in [1.29, 1.82) is 0 Å². The van der Waals surface area contributed by atoms with Gasteiger partial charge in [-0.3, -0.25) is 0 Å². The second-order valence-electron chi connectivity index (χ2n) is 3.35. The molecular weight excluding hydrogens is 270 g/mol. The van der Waals surface area contributed by atoms with Crippen LogP contribution >= 0.6 is 11.5 Å². The van der Waals surface area contributed by atoms with Gasteiger partial charge in [-0.15, -0.1) is 5.10 Å². The fourth-order valence-corrected chi connectivity index (χ4v) is 1.90. The molecule has 0 aromatic carbocycles. The maximum atomic E-state index is 11.6. The van der Waals surface area contributed by atoms with E-state index in [1.165, 1.54) is 17.6 Å². The average molecular weight is 279 g/mol. The molecule has 0 bridgehead atoms. The monoisotopic (exact) mass is 279 g/mol. The van der Waals surface area contributed by atoms with Gasteiger partial charge < -0.3 is 9.15 Å². The summed E-state index contributed by atoms with van der Waals surface area (Å²) in [5.41, 5.74) is 9.48. The minimum Gasteiger partial charge on any atom is -0.460 e. The van der Waals surface area contributed by atoms with Crippen LogP contribution in [0.25, 0.3) is 21.7 Å². The zero-order valence-corrected chi connectivity index (χ0v) is 10.8. The van der Waals surface area contributed by atoms with Crippen LogP contribution in [0.3, 0.4) is 0 Å². The summed E-state index contributed by atoms with van der Waals surface area (Å²) in [5, 5.41) is 9.02. The van der Waals surface area contributed by atoms with Crippen LogP contribution in [0.2, 0.25) is 0 Å². The molecule has 98 valence electrons. The minimum atomic E-state index is -0.570. The van der Waals surface area contributed by atoms with Crippen molar-refractivity contribution < 1.29 is 13.9 Å². The van der Waals surface area contributed by atoms with E-state index < -0.39 is 5.97 Å². The molecule has 8 nitrogen and oxygen atoms in total. The predicted octanol–water partition coefficient (Wildman–Crippen LogP) is 2.79. The first-order valence-corrected chi connectivity index (χ1v) is 6.18. The third-order valence-electron chi connectivity index (χ3n) is 2.20. The Bertz CT molecular complexity index is 615. The Morgan fingerprint density at radius 2 is 2.53 bits per heavy atom. The van der Waals surface area contributed by atoms with Gasteiger partial charge in [-0.1, -0.05) is 9.60 Å². The van der Waals surface area contributed by atoms with Crippen LogP contribution in [0.5, 0.6) is 0 Å². The predicted molar refractivity (Wildman–Crippen MR) is 66.4 cm³/mol. The van der Waals surface area contributed by atoms with Crippen molar-refractivity contribution in [2.45, 2.75) is 13.5 Å². The number of aromatic nitrogens is 2. The van der Waals surface area contributed by atoms with Crippen LogP contribution in [0.15, 0.2) is 21.0 Å². The Morgan fingerprint density at radius 3 is 3.16 bits per heavy atom. The lowest BCUT2D eigenvalue weighted by Crippen LogP contribution is -2.02. The summed E-state index contributed by atoms with van der Waals surface area (Å²) in [6.07, 6.45) is 0. The van der Waals surface area contributed by atoms with Crippen LogP contribution in [-0.2, 0) is 11.3 Å². The number of azide groups is 1. The molecule has 0 amide bonds. The Balaban J connectivity index is 2.39. The maximum Gasteiger partial charge on any atom is 0.374 e. The van der Waals surface area contributed by atoms with E-state index in [9.17, 15) is 4.79 Å². The molecule has 2 rings (SSSR count). The number of esters is 1. The summed E-state index contributed by atoms with van der Waals surface area (Å²) in [6, 6.07) is 1.51. The average Bonchev–Trinajstić information content (AvgIpc) is 3.05. The normalized spacial score (nSPS) is 9.95. The molecule has 2 aromatic rings. The molecule has 0 saturated heterocycles. The molecule has 19 heavy (non-hydrogen) atoms. The van der Waals surface area contributed by atoms with Gasteiger partial charge in [0.25, 0.3) is 0 Å². The van der Waals surface area contributed by atoms with Gasteiger partial charge >= 0.3 is 5.97 Å². The standard InChI is InChI=1S/C10H9N5O3S/c1-2-17-10(16)8-3-6(7-5-19-15-13-7)9(18-8)4-12-14-11/h3,5H,2,4H2,1H3. The van der Waals surface area contributed by atoms with Crippen molar-refractivity contribution in [2.75, 3.05) is 6.61 Å². The number of carbonyl (C=O) groups is 1. The van der Waals surface area contributed by atoms with Crippen molar-refractivity contribution in [1.82, 2.24) is 9.59 Å². The molecule has 0 aliphatic carbocycles. The Labute approximate surface area is 111 Å². The first-order valence-electron chi connectivity index (χ1n) is 5.34. The maximum absolute atomic E-state index is 11.6. The van der Waals surface area contributed by atoms with Gasteiger partial charge in [0.05, 0.1) is 13.2 Å². The topological polar surface area (TPSA) is 114 Å². The van der Waals surface area contributed by atoms with Gasteiger partial charge in [-0.25, -0.2) is 4.79 Å². The van der Waals surface area contributed by atoms with Crippen molar-refractivity contribution in [3.63, 3.8) is 0 Å². The molecule has 9 heteroatoms. The highest BCUT2D eigenvalue weighted by Gasteiger charge is 2.19. The van der Waals surface area contributed by atoms with E-state index in [2.05, 4.69) is 19.6 Å². The van der Waals surface area contributed by atoms with Crippen LogP contribution < -0.4 is 0 Å². The lowest BCUT2D eigenvalue weighted by molar-refractivity contribution is 0.0488. The molecule has 0 radical (unpaired) electrons. The third kappa shape index (κ3) is 2.90. The van der Waals surface area contributed by atoms with Crippen molar-refractivity contribution in [2.24, 2.45) is 5.11 Å². The molecule has 0 aliphatic rings. The van der Waals surface area contributed by atoms with Gasteiger partial charge in [0, 0.05) is 21.9 Å². The summed E-state index contributed by atoms with van der Waals surface area (Å²) >= 11 is 1.17. The van der Waals surface area contributed by atoms with Crippen LogP contribution in [0.4, 0.5) is 0 Å². The van der Waals surface area contributed by atoms with Crippen molar-refractivity contribution in [3.05, 3.63) is 33.4 Å². The highest BCUT2D eigenvalue weighted by Crippen LogP contribution is 2.27. The molecule has 0 atom stereocenters. The zero-order chi connectivity index (χ0) is 13.7. The van der Waals surface area contributed by atoms with E-state index in [0.717, 1.165) is 0 Å². The van der Waals surface area contributed by atoms with Crippen molar-refractivity contribution in [3.8, 4) is 11.3 Å². The number of nitrogens with zero attached hydrogens (tertiary/aromatic N) is 5. The smallest absolute Gasteiger partial charge is 0.374 e. The Hall–Kier alpha value is -2.38. The second kappa shape index (κ2) is 5.98. The van der Waals surface area contributed by atoms with E-state index in [-0.39, 0.29) is 18.9 Å². The van der Waals surface area contributed by atoms with Gasteiger partial charge in [0.2, 0.25) is 5.76 Å². The fourth-order valence-electron chi connectivity index (χ4n) is 1.44. The lowest BCUT2D eigenvalue weighted by atomic mass is 10.2. The summed E-state index contributed by atoms with van der Waals surface area (Å²) in [5.74, 6) is -0.166. The molecule has 2 heterocycles. The van der Waals surface area contributed by atoms with Crippen LogP contribution in [-0.4, -0.2) is 22.2 Å². The van der Waals surface area contributed by atoms with Crippen LogP contribution in [0.1, 0.15) is 23.2 Å². The molecule has 0 saturated carbocycles. The molecule has 0 unspecified atom stereocenters. The number of carbonyl (C=O) groups excluding carboxylic acids is 1. The molecule has 2 aromatic heterocycles. The van der Waals surface area contributed by atoms with Gasteiger partial charge in [0.15, 0.2) is 0 Å². The number of furan rings is 1. The molecule has 0 N–H and O–H groups in total. The van der Waals surface area contributed by atoms with Gasteiger partial charge in [-0.2, -0.15) is 0 Å². The lowest BCUT2D eigenvalue weighted by Gasteiger charge is -1.96. The summed E-state index contributed by atoms with van der Waals surface area (Å²) in [7, 11) is 0. The Morgan fingerprint density at radius 1 is 1.68 bits per heavy atom. The zero-order valence-electron chi connectivity index (χ0n) is 9.94. The van der Waals surface area contributed by atoms with Crippen molar-refractivity contribution >= 4 is 17.5 Å². The first kappa shape index (κ1) is 13.1. The van der Waals surface area contributed by atoms with Gasteiger partial charge in [0.1, 0.15) is 11.5 Å². The number of rotatable bonds is 5. The SMILES string of the molecule is CCOC(=O)c1cc(-c2csnn2)c(CN=[N+]=[N-])o1. The Kier molecular flexibility index (Phi) is 4.11. The summed E-state index contributed by atoms with van der Waals surface area (Å²) in [6.45, 7) is 1.94. The highest BCUT2D eigenvalue weighted by atomic mass is 32.1. The second-order valence-corrected chi connectivity index (χ2v) is 3.96. The number of hydrogen-bond acceptors (Lipinski definition) is 7. The third-order valence-corrected chi connectivity index (χ3v) is 2.70. The fraction of sp³-hybridized carbons (Fsp3) is 0.300. The summed E-state index contributed by atoms with van der Waals surface area (Å²) < 4.78 is 13.9. The van der Waals surface area contributed by atoms with E-state index in [1.807, 2.05) is 0 Å². The van der Waals surface area contributed by atoms with E-state index >= 15 is 0 Å². The first-order chi connectivity index (χ1) is 9.26. The van der Waals surface area contributed by atoms with Crippen LogP contribution in [0, 0.1) is 0 Å². The number of ether oxygens (including phenoxy) is 1. The highest BCUT2D eigenvalue weighted by molar-refractivity contribution is 7.03. The minimum absolute atomic E-state index is 0.0111. The van der Waals surface area contributed by atoms with E-state index in [1.54, 1.807) is 12.3 Å². The molecule has 0 aliphatic heterocycles. The molecule has 0 spiro atoms. The quantitative estimate of drug-likeness (QED) is 0.361. The molecule has 0 fully saturated rings. The molecular formula is C10H9N5O3S. The van der Waals surface area contributed by atoms with Gasteiger partial charge in [-0.05, 0) is 24.0 Å². The largest absolute Gasteiger partial charge is 0.460 e. The number of hydrogen-bond donors (Lipinski definition) is 0.